The van der Waals surface area contributed by atoms with Gasteiger partial charge in [-0.3, -0.25) is 4.79 Å². The van der Waals surface area contributed by atoms with Crippen molar-refractivity contribution in [3.63, 3.8) is 0 Å². The molecule has 1 heterocycles. The van der Waals surface area contributed by atoms with E-state index >= 15 is 4.79 Å². The quantitative estimate of drug-likeness (QED) is 0.154. The van der Waals surface area contributed by atoms with E-state index in [1.807, 2.05) is 0 Å². The van der Waals surface area contributed by atoms with Gasteiger partial charge in [0.25, 0.3) is 0 Å². The molecular weight excluding hydrogens is 839 g/mol. The van der Waals surface area contributed by atoms with Crippen LogP contribution in [0.2, 0.25) is 0 Å². The Morgan fingerprint density at radius 1 is 0.261 bits per heavy atom. The van der Waals surface area contributed by atoms with Gasteiger partial charge in [0.05, 0.1) is 30.0 Å². The van der Waals surface area contributed by atoms with Crippen LogP contribution in [0.4, 0.5) is 0 Å². The molecule has 1 saturated carbocycles. The van der Waals surface area contributed by atoms with Gasteiger partial charge < -0.3 is 9.64 Å². The highest BCUT2D eigenvalue weighted by atomic mass is 16.5. The maximum atomic E-state index is 16.7. The first-order chi connectivity index (χ1) is 34.4. The van der Waals surface area contributed by atoms with Crippen molar-refractivity contribution in [2.24, 2.45) is 5.92 Å². The van der Waals surface area contributed by atoms with Gasteiger partial charge in [0.15, 0.2) is 0 Å². The third-order valence-electron chi connectivity index (χ3n) is 25.8. The molecule has 1 aliphatic heterocycles. The van der Waals surface area contributed by atoms with Crippen molar-refractivity contribution in [1.82, 2.24) is 4.90 Å². The first-order valence-corrected chi connectivity index (χ1v) is 26.0. The largest absolute Gasteiger partial charge is 0.378 e. The van der Waals surface area contributed by atoms with E-state index in [0.29, 0.717) is 32.2 Å². The first kappa shape index (κ1) is 25.3. The molecule has 1 amide bonds. The van der Waals surface area contributed by atoms with Gasteiger partial charge in [-0.25, -0.2) is 0 Å². The fourth-order valence-corrected chi connectivity index (χ4v) is 25.8. The third-order valence-corrected chi connectivity index (χ3v) is 25.8. The van der Waals surface area contributed by atoms with E-state index < -0.39 is 10.8 Å². The van der Waals surface area contributed by atoms with Crippen molar-refractivity contribution >= 4 is 297 Å². The summed E-state index contributed by atoms with van der Waals surface area (Å²) in [6.45, 7) is 2.66. The molecule has 28 aromatic carbocycles. The van der Waals surface area contributed by atoms with E-state index in [1.54, 1.807) is 313 Å². The van der Waals surface area contributed by atoms with E-state index in [2.05, 4.69) is 4.90 Å². The van der Waals surface area contributed by atoms with E-state index in [4.69, 9.17) is 4.74 Å². The maximum Gasteiger partial charge on any atom is 0.228 e. The fraction of sp³-hybridized carbons (Fsp3) is 0.106. The van der Waals surface area contributed by atoms with Crippen LogP contribution in [0, 0.1) is 5.92 Å². The lowest BCUT2D eigenvalue weighted by atomic mass is 9.68. The molecule has 0 radical (unpaired) electrons. The molecule has 0 N–H and O–H groups in total. The summed E-state index contributed by atoms with van der Waals surface area (Å²) in [4.78, 5) is 19.0. The highest BCUT2D eigenvalue weighted by Crippen LogP contribution is 2.92. The summed E-state index contributed by atoms with van der Waals surface area (Å²) in [5, 5.41) is 87.1. The number of benzene rings is 18. The average molecular weight is 848 g/mol. The van der Waals surface area contributed by atoms with E-state index in [-0.39, 0.29) is 5.92 Å². The highest BCUT2D eigenvalue weighted by molar-refractivity contribution is 6.82. The van der Waals surface area contributed by atoms with Crippen LogP contribution in [-0.2, 0) is 20.4 Å². The zero-order valence-electron chi connectivity index (χ0n) is 35.2. The molecule has 0 aromatic heterocycles. The molecule has 2 spiro atoms. The molecule has 290 valence electrons. The van der Waals surface area contributed by atoms with Crippen LogP contribution in [0.15, 0.2) is 0 Å². The molecule has 0 atom stereocenters. The Labute approximate surface area is 374 Å². The highest BCUT2D eigenvalue weighted by Gasteiger charge is 2.89. The minimum absolute atomic E-state index is 0.170. The molecule has 69 heavy (non-hydrogen) atoms. The van der Waals surface area contributed by atoms with Gasteiger partial charge >= 0.3 is 0 Å². The van der Waals surface area contributed by atoms with Crippen LogP contribution in [0.25, 0.3) is 291 Å². The minimum atomic E-state index is -0.437. The molecule has 0 unspecified atom stereocenters. The first-order valence-electron chi connectivity index (χ1n) is 26.0. The smallest absolute Gasteiger partial charge is 0.228 e. The Hall–Kier alpha value is -8.11. The Morgan fingerprint density at radius 2 is 0.406 bits per heavy atom. The zero-order valence-corrected chi connectivity index (χ0v) is 35.2. The van der Waals surface area contributed by atoms with Crippen molar-refractivity contribution < 1.29 is 9.53 Å². The van der Waals surface area contributed by atoms with Crippen LogP contribution in [0.1, 0.15) is 22.3 Å². The molecule has 1 saturated heterocycles. The Bertz CT molecular complexity index is 6630. The number of hydrogen-bond acceptors (Lipinski definition) is 2. The summed E-state index contributed by atoms with van der Waals surface area (Å²) in [5.41, 5.74) is 5.59. The monoisotopic (exact) mass is 847 g/mol. The Morgan fingerprint density at radius 3 is 0.565 bits per heavy atom. The number of nitrogens with zero attached hydrogens (tertiary/aromatic N) is 1. The lowest BCUT2D eigenvalue weighted by Gasteiger charge is -2.32. The fourth-order valence-electron chi connectivity index (χ4n) is 25.8. The SMILES string of the molecule is O=C(C1C23c4c5c6c7c8c9c(c%10c%11c2c2c4c4c%12c5c5c6c6c8c8c%13c9c9c%10c%10c%11c%11c2c2c4c4c%12c%12c5c5c6c8c6c8c%13c9c9c%10c%10c%11c2c2c4c4c%12c5c6c5c8c9c%10c2c45)C713)N1CCOCC1. The van der Waals surface area contributed by atoms with Gasteiger partial charge in [-0.15, -0.1) is 0 Å². The number of amides is 1. The zero-order chi connectivity index (χ0) is 40.8. The molecule has 3 heteroatoms. The van der Waals surface area contributed by atoms with Crippen molar-refractivity contribution in [2.45, 2.75) is 10.8 Å². The summed E-state index contributed by atoms with van der Waals surface area (Å²) in [5.74, 6) is 0.241. The second-order valence-electron chi connectivity index (χ2n) is 25.7. The van der Waals surface area contributed by atoms with Crippen LogP contribution in [0.5, 0.6) is 0 Å². The molecule has 5 aliphatic carbocycles. The van der Waals surface area contributed by atoms with Crippen molar-refractivity contribution in [2.75, 3.05) is 26.3 Å². The summed E-state index contributed by atoms with van der Waals surface area (Å²) >= 11 is 0. The number of morpholine rings is 1. The maximum absolute atomic E-state index is 16.7. The summed E-state index contributed by atoms with van der Waals surface area (Å²) in [7, 11) is 0. The van der Waals surface area contributed by atoms with Crippen molar-refractivity contribution in [3.05, 3.63) is 22.3 Å². The Kier molecular flexibility index (Phi) is 2.07. The van der Waals surface area contributed by atoms with E-state index in [9.17, 15) is 0 Å². The van der Waals surface area contributed by atoms with Gasteiger partial charge in [-0.1, -0.05) is 0 Å². The number of ether oxygens (including phenoxy) is 1. The lowest BCUT2D eigenvalue weighted by molar-refractivity contribution is -0.137. The van der Waals surface area contributed by atoms with Crippen LogP contribution >= 0.6 is 0 Å². The van der Waals surface area contributed by atoms with E-state index in [1.165, 1.54) is 0 Å². The van der Waals surface area contributed by atoms with Gasteiger partial charge in [0.1, 0.15) is 0 Å². The van der Waals surface area contributed by atoms with Crippen LogP contribution < -0.4 is 0 Å². The van der Waals surface area contributed by atoms with E-state index in [0.717, 1.165) is 0 Å². The number of carbonyl (C=O) groups is 1. The number of hydrogen-bond donors (Lipinski definition) is 0. The Balaban J connectivity index is 1.16. The number of carbonyl (C=O) groups excluding carboxylic acids is 1. The second-order valence-corrected chi connectivity index (χ2v) is 25.7. The molecule has 3 nitrogen and oxygen atoms in total. The average Bonchev–Trinajstić information content (AvgIpc) is 4.24. The standard InChI is InChI=1S/C66H9NO2/c68-64(67-1-3-69-4-2-67)63-65-59-51-43-33-23-15-7-5-6-9-13-11(7)19-27-21(13)31-25-17(9)18-10(6)14-12-8(5)16(15)24-30-20(12)28-22(14)32-26(18)36-35(25)45-39(31)49-41(27)47(37(43)29(19)23)55(59)57(49)61-53(45)54-46(36)40(32)50-42(28)48-38(30)44(34(24)33)52(51)60(65)56(48)58(50)62(54)66(61,63)65/h63H,1-4H2. The molecule has 2 fully saturated rings. The number of rotatable bonds is 1. The molecule has 34 rings (SSSR count). The second kappa shape index (κ2) is 5.64. The van der Waals surface area contributed by atoms with Crippen LogP contribution in [0.3, 0.4) is 0 Å². The normalized spacial score (nSPS) is 24.8. The predicted octanol–water partition coefficient (Wildman–Crippen LogP) is 15.8. The molecule has 0 bridgehead atoms. The molecule has 6 aliphatic rings. The summed E-state index contributed by atoms with van der Waals surface area (Å²) in [6.07, 6.45) is 0. The van der Waals surface area contributed by atoms with Gasteiger partial charge in [0.2, 0.25) is 5.91 Å². The van der Waals surface area contributed by atoms with Crippen LogP contribution in [-0.4, -0.2) is 37.1 Å². The van der Waals surface area contributed by atoms with Gasteiger partial charge in [0, 0.05) is 13.1 Å². The molecule has 28 aromatic rings. The molecular formula is C66H9NO2. The predicted molar refractivity (Wildman–Crippen MR) is 285 cm³/mol. The van der Waals surface area contributed by atoms with Gasteiger partial charge in [-0.05, 0) is 313 Å². The van der Waals surface area contributed by atoms with Crippen molar-refractivity contribution in [3.8, 4) is 0 Å². The minimum Gasteiger partial charge on any atom is -0.378 e. The van der Waals surface area contributed by atoms with Gasteiger partial charge in [-0.2, -0.15) is 0 Å². The summed E-state index contributed by atoms with van der Waals surface area (Å²) < 4.78 is 6.07. The van der Waals surface area contributed by atoms with Crippen molar-refractivity contribution in [1.29, 1.82) is 0 Å². The third kappa shape index (κ3) is 1.31. The topological polar surface area (TPSA) is 29.5 Å². The summed E-state index contributed by atoms with van der Waals surface area (Å²) in [6, 6.07) is 0. The lowest BCUT2D eigenvalue weighted by Crippen LogP contribution is -2.42.